The van der Waals surface area contributed by atoms with Crippen LogP contribution in [-0.2, 0) is 6.18 Å². The molecule has 2 rings (SSSR count). The fourth-order valence-corrected chi connectivity index (χ4v) is 1.68. The van der Waals surface area contributed by atoms with Crippen molar-refractivity contribution in [2.75, 3.05) is 11.9 Å². The van der Waals surface area contributed by atoms with E-state index in [1.165, 1.54) is 30.3 Å². The lowest BCUT2D eigenvalue weighted by Crippen LogP contribution is -2.26. The van der Waals surface area contributed by atoms with Crippen LogP contribution in [0.15, 0.2) is 35.0 Å². The van der Waals surface area contributed by atoms with E-state index in [1.807, 2.05) is 0 Å². The average Bonchev–Trinajstić information content (AvgIpc) is 2.82. The Bertz CT molecular complexity index is 617. The molecule has 0 saturated carbocycles. The van der Waals surface area contributed by atoms with Gasteiger partial charge in [-0.1, -0.05) is 5.16 Å². The van der Waals surface area contributed by atoms with Crippen molar-refractivity contribution in [1.29, 1.82) is 0 Å². The molecular weight excluding hydrogens is 273 g/mol. The summed E-state index contributed by atoms with van der Waals surface area (Å²) in [6.45, 7) is 1.58. The molecule has 0 saturated heterocycles. The molecule has 0 unspecified atom stereocenters. The molecule has 1 aromatic heterocycles. The Morgan fingerprint density at radius 1 is 1.25 bits per heavy atom. The molecule has 7 heteroatoms. The molecular formula is C13H11F3N2O2. The second-order valence-electron chi connectivity index (χ2n) is 4.20. The molecule has 1 aromatic carbocycles. The molecule has 0 bridgehead atoms. The van der Waals surface area contributed by atoms with E-state index in [-0.39, 0.29) is 5.56 Å². The summed E-state index contributed by atoms with van der Waals surface area (Å²) in [4.78, 5) is 13.3. The maximum atomic E-state index is 12.5. The third-order valence-corrected chi connectivity index (χ3v) is 2.87. The molecule has 0 fully saturated rings. The number of benzene rings is 1. The van der Waals surface area contributed by atoms with Crippen LogP contribution < -0.4 is 4.90 Å². The molecule has 0 atom stereocenters. The molecule has 1 heterocycles. The van der Waals surface area contributed by atoms with Crippen LogP contribution in [0.25, 0.3) is 0 Å². The van der Waals surface area contributed by atoms with E-state index in [2.05, 4.69) is 5.16 Å². The highest BCUT2D eigenvalue weighted by molar-refractivity contribution is 6.06. The minimum Gasteiger partial charge on any atom is -0.361 e. The summed E-state index contributed by atoms with van der Waals surface area (Å²) in [6.07, 6.45) is -3.12. The van der Waals surface area contributed by atoms with Crippen molar-refractivity contribution in [2.24, 2.45) is 0 Å². The van der Waals surface area contributed by atoms with Gasteiger partial charge < -0.3 is 9.42 Å². The maximum absolute atomic E-state index is 12.5. The van der Waals surface area contributed by atoms with Crippen LogP contribution in [0.3, 0.4) is 0 Å². The maximum Gasteiger partial charge on any atom is 0.416 e. The van der Waals surface area contributed by atoms with E-state index >= 15 is 0 Å². The zero-order chi connectivity index (χ0) is 14.9. The molecule has 0 radical (unpaired) electrons. The number of halogens is 3. The summed E-state index contributed by atoms with van der Waals surface area (Å²) < 4.78 is 42.2. The first kappa shape index (κ1) is 14.1. The van der Waals surface area contributed by atoms with Gasteiger partial charge in [-0.3, -0.25) is 4.79 Å². The minimum atomic E-state index is -4.40. The van der Waals surface area contributed by atoms with Crippen molar-refractivity contribution in [3.8, 4) is 0 Å². The lowest BCUT2D eigenvalue weighted by atomic mass is 10.1. The largest absolute Gasteiger partial charge is 0.416 e. The molecule has 0 spiro atoms. The number of hydrogen-bond donors (Lipinski definition) is 0. The number of aryl methyl sites for hydroxylation is 1. The Morgan fingerprint density at radius 2 is 1.85 bits per heavy atom. The first-order valence-corrected chi connectivity index (χ1v) is 5.67. The van der Waals surface area contributed by atoms with Crippen LogP contribution in [0, 0.1) is 6.92 Å². The van der Waals surface area contributed by atoms with Crippen LogP contribution in [0.1, 0.15) is 21.7 Å². The van der Waals surface area contributed by atoms with E-state index < -0.39 is 17.6 Å². The van der Waals surface area contributed by atoms with Crippen LogP contribution in [0.2, 0.25) is 0 Å². The van der Waals surface area contributed by atoms with Crippen molar-refractivity contribution in [3.05, 3.63) is 47.3 Å². The molecule has 106 valence electrons. The van der Waals surface area contributed by atoms with Gasteiger partial charge in [0.25, 0.3) is 5.91 Å². The van der Waals surface area contributed by atoms with Gasteiger partial charge in [-0.05, 0) is 31.2 Å². The van der Waals surface area contributed by atoms with E-state index in [0.717, 1.165) is 12.1 Å². The zero-order valence-electron chi connectivity index (χ0n) is 10.7. The quantitative estimate of drug-likeness (QED) is 0.850. The second-order valence-corrected chi connectivity index (χ2v) is 4.20. The molecule has 2 aromatic rings. The number of nitrogens with zero attached hydrogens (tertiary/aromatic N) is 2. The lowest BCUT2D eigenvalue weighted by molar-refractivity contribution is -0.137. The number of carbonyl (C=O) groups excluding carboxylic acids is 1. The number of aromatic nitrogens is 1. The van der Waals surface area contributed by atoms with Gasteiger partial charge >= 0.3 is 6.18 Å². The van der Waals surface area contributed by atoms with Gasteiger partial charge in [0.15, 0.2) is 0 Å². The molecule has 1 amide bonds. The van der Waals surface area contributed by atoms with Gasteiger partial charge in [-0.25, -0.2) is 0 Å². The third kappa shape index (κ3) is 2.66. The summed E-state index contributed by atoms with van der Waals surface area (Å²) in [5.41, 5.74) is -0.140. The smallest absolute Gasteiger partial charge is 0.361 e. The second kappa shape index (κ2) is 4.99. The Kier molecular flexibility index (Phi) is 3.52. The number of alkyl halides is 3. The molecule has 4 nitrogen and oxygen atoms in total. The molecule has 0 N–H and O–H groups in total. The van der Waals surface area contributed by atoms with Crippen molar-refractivity contribution < 1.29 is 22.5 Å². The number of anilines is 1. The van der Waals surface area contributed by atoms with Gasteiger partial charge in [0.2, 0.25) is 0 Å². The SMILES string of the molecule is Cc1oncc1C(=O)N(C)c1ccc(C(F)(F)F)cc1. The van der Waals surface area contributed by atoms with Crippen molar-refractivity contribution in [2.45, 2.75) is 13.1 Å². The topological polar surface area (TPSA) is 46.3 Å². The summed E-state index contributed by atoms with van der Waals surface area (Å²) in [5.74, 6) is -0.0442. The van der Waals surface area contributed by atoms with E-state index in [1.54, 1.807) is 6.92 Å². The van der Waals surface area contributed by atoms with Gasteiger partial charge in [-0.2, -0.15) is 13.2 Å². The first-order chi connectivity index (χ1) is 9.30. The fourth-order valence-electron chi connectivity index (χ4n) is 1.68. The summed E-state index contributed by atoms with van der Waals surface area (Å²) in [6, 6.07) is 4.34. The number of rotatable bonds is 2. The first-order valence-electron chi connectivity index (χ1n) is 5.67. The highest BCUT2D eigenvalue weighted by Gasteiger charge is 2.30. The fraction of sp³-hybridized carbons (Fsp3) is 0.231. The van der Waals surface area contributed by atoms with Crippen LogP contribution in [0.4, 0.5) is 18.9 Å². The monoisotopic (exact) mass is 284 g/mol. The van der Waals surface area contributed by atoms with Gasteiger partial charge in [0, 0.05) is 12.7 Å². The van der Waals surface area contributed by atoms with Crippen LogP contribution in [-0.4, -0.2) is 18.1 Å². The summed E-state index contributed by atoms with van der Waals surface area (Å²) >= 11 is 0. The molecule has 20 heavy (non-hydrogen) atoms. The van der Waals surface area contributed by atoms with Crippen LogP contribution >= 0.6 is 0 Å². The van der Waals surface area contributed by atoms with Gasteiger partial charge in [0.1, 0.15) is 11.3 Å². The van der Waals surface area contributed by atoms with E-state index in [4.69, 9.17) is 4.52 Å². The normalized spacial score (nSPS) is 11.4. The highest BCUT2D eigenvalue weighted by Crippen LogP contribution is 2.30. The van der Waals surface area contributed by atoms with Gasteiger partial charge in [-0.15, -0.1) is 0 Å². The summed E-state index contributed by atoms with van der Waals surface area (Å²) in [7, 11) is 1.47. The van der Waals surface area contributed by atoms with Crippen molar-refractivity contribution in [1.82, 2.24) is 5.16 Å². The predicted octanol–water partition coefficient (Wildman–Crippen LogP) is 3.28. The van der Waals surface area contributed by atoms with Crippen molar-refractivity contribution >= 4 is 11.6 Å². The third-order valence-electron chi connectivity index (χ3n) is 2.87. The van der Waals surface area contributed by atoms with E-state index in [0.29, 0.717) is 11.4 Å². The Morgan fingerprint density at radius 3 is 2.30 bits per heavy atom. The zero-order valence-corrected chi connectivity index (χ0v) is 10.7. The number of carbonyl (C=O) groups is 1. The van der Waals surface area contributed by atoms with E-state index in [9.17, 15) is 18.0 Å². The Labute approximate surface area is 112 Å². The van der Waals surface area contributed by atoms with Gasteiger partial charge in [0.05, 0.1) is 11.8 Å². The Balaban J connectivity index is 2.24. The molecule has 0 aliphatic rings. The number of hydrogen-bond acceptors (Lipinski definition) is 3. The summed E-state index contributed by atoms with van der Waals surface area (Å²) in [5, 5.41) is 3.49. The molecule has 0 aliphatic carbocycles. The number of amides is 1. The molecule has 0 aliphatic heterocycles. The van der Waals surface area contributed by atoms with Crippen LogP contribution in [0.5, 0.6) is 0 Å². The van der Waals surface area contributed by atoms with Crippen molar-refractivity contribution in [3.63, 3.8) is 0 Å². The highest BCUT2D eigenvalue weighted by atomic mass is 19.4. The average molecular weight is 284 g/mol. The predicted molar refractivity (Wildman–Crippen MR) is 65.4 cm³/mol. The lowest BCUT2D eigenvalue weighted by Gasteiger charge is -2.17. The minimum absolute atomic E-state index is 0.271. The standard InChI is InChI=1S/C13H11F3N2O2/c1-8-11(7-17-20-8)12(19)18(2)10-5-3-9(4-6-10)13(14,15)16/h3-7H,1-2H3. The Hall–Kier alpha value is -2.31.